The normalized spacial score (nSPS) is 16.3. The van der Waals surface area contributed by atoms with Crippen molar-refractivity contribution in [2.24, 2.45) is 0 Å². The van der Waals surface area contributed by atoms with Crippen LogP contribution in [0.25, 0.3) is 0 Å². The van der Waals surface area contributed by atoms with Gasteiger partial charge in [0.15, 0.2) is 0 Å². The number of ether oxygens (including phenoxy) is 1. The summed E-state index contributed by atoms with van der Waals surface area (Å²) in [6.45, 7) is 13.4. The Morgan fingerprint density at radius 1 is 1.12 bits per heavy atom. The largest absolute Gasteiger partial charge is 0.463 e. The van der Waals surface area contributed by atoms with Gasteiger partial charge >= 0.3 is 5.97 Å². The van der Waals surface area contributed by atoms with Gasteiger partial charge in [0.25, 0.3) is 5.91 Å². The van der Waals surface area contributed by atoms with Crippen molar-refractivity contribution >= 4 is 29.4 Å². The summed E-state index contributed by atoms with van der Waals surface area (Å²) in [4.78, 5) is 43.4. The molecule has 40 heavy (non-hydrogen) atoms. The van der Waals surface area contributed by atoms with Crippen LogP contribution in [0.1, 0.15) is 81.3 Å². The number of amides is 2. The lowest BCUT2D eigenvalue weighted by atomic mass is 9.83. The number of rotatable bonds is 13. The molecule has 3 rings (SSSR count). The van der Waals surface area contributed by atoms with Crippen molar-refractivity contribution in [1.29, 1.82) is 0 Å². The van der Waals surface area contributed by atoms with Gasteiger partial charge < -0.3 is 19.9 Å². The summed E-state index contributed by atoms with van der Waals surface area (Å²) in [6.07, 6.45) is 2.04. The number of hydrogen-bond donors (Lipinski definition) is 1. The molecule has 2 amide bonds. The van der Waals surface area contributed by atoms with E-state index in [0.29, 0.717) is 21.9 Å². The Balaban J connectivity index is 1.77. The number of carbonyl (C=O) groups is 3. The van der Waals surface area contributed by atoms with E-state index >= 15 is 0 Å². The van der Waals surface area contributed by atoms with Crippen LogP contribution in [0, 0.1) is 0 Å². The topological polar surface area (TPSA) is 79.0 Å². The van der Waals surface area contributed by atoms with Gasteiger partial charge in [-0.15, -0.1) is 0 Å². The second-order valence-corrected chi connectivity index (χ2v) is 10.7. The van der Waals surface area contributed by atoms with E-state index in [1.54, 1.807) is 36.9 Å². The maximum atomic E-state index is 13.4. The van der Waals surface area contributed by atoms with Crippen molar-refractivity contribution in [3.05, 3.63) is 81.5 Å². The molecule has 0 aliphatic carbocycles. The number of benzene rings is 2. The standard InChI is InChI=1S/C32H42ClN3O4/c1-6-35(7-2)17-11-12-22(4)34-31(38)26-15-9-13-24(18-26)21-36-23(5)30(32(39)40-8-3)28(20-29(36)37)25-14-10-16-27(33)19-25/h9-10,13-16,18-19,22,28H,6-8,11-12,17,20-21H2,1-5H3,(H,34,38). The molecular weight excluding hydrogens is 526 g/mol. The van der Waals surface area contributed by atoms with Gasteiger partial charge in [0.05, 0.1) is 18.7 Å². The zero-order valence-corrected chi connectivity index (χ0v) is 25.1. The lowest BCUT2D eigenvalue weighted by molar-refractivity contribution is -0.140. The number of halogens is 1. The molecule has 0 aromatic heterocycles. The molecule has 216 valence electrons. The minimum absolute atomic E-state index is 0.0520. The number of nitrogens with one attached hydrogen (secondary N) is 1. The highest BCUT2D eigenvalue weighted by Crippen LogP contribution is 2.38. The van der Waals surface area contributed by atoms with E-state index in [-0.39, 0.29) is 37.4 Å². The lowest BCUT2D eigenvalue weighted by Gasteiger charge is -2.34. The van der Waals surface area contributed by atoms with Gasteiger partial charge in [-0.25, -0.2) is 4.79 Å². The van der Waals surface area contributed by atoms with Crippen LogP contribution in [-0.2, 0) is 20.9 Å². The second-order valence-electron chi connectivity index (χ2n) is 10.3. The van der Waals surface area contributed by atoms with E-state index in [2.05, 4.69) is 24.1 Å². The smallest absolute Gasteiger partial charge is 0.336 e. The van der Waals surface area contributed by atoms with Crippen molar-refractivity contribution in [2.75, 3.05) is 26.2 Å². The predicted octanol–water partition coefficient (Wildman–Crippen LogP) is 5.93. The molecule has 0 radical (unpaired) electrons. The summed E-state index contributed by atoms with van der Waals surface area (Å²) in [5.41, 5.74) is 3.15. The zero-order valence-electron chi connectivity index (χ0n) is 24.3. The van der Waals surface area contributed by atoms with Crippen molar-refractivity contribution in [1.82, 2.24) is 15.1 Å². The van der Waals surface area contributed by atoms with Crippen LogP contribution in [-0.4, -0.2) is 59.9 Å². The fourth-order valence-corrected chi connectivity index (χ4v) is 5.42. The van der Waals surface area contributed by atoms with Gasteiger partial charge in [-0.1, -0.05) is 49.7 Å². The van der Waals surface area contributed by atoms with E-state index in [4.69, 9.17) is 16.3 Å². The first kappa shape index (κ1) is 31.4. The molecule has 1 aliphatic heterocycles. The first-order valence-electron chi connectivity index (χ1n) is 14.2. The average Bonchev–Trinajstić information content (AvgIpc) is 2.93. The summed E-state index contributed by atoms with van der Waals surface area (Å²) < 4.78 is 5.39. The number of allylic oxidation sites excluding steroid dienone is 1. The van der Waals surface area contributed by atoms with Crippen molar-refractivity contribution in [3.8, 4) is 0 Å². The first-order valence-corrected chi connectivity index (χ1v) is 14.6. The SMILES string of the molecule is CCOC(=O)C1=C(C)N(Cc2cccc(C(=O)NC(C)CCCN(CC)CC)c2)C(=O)CC1c1cccc(Cl)c1. The monoisotopic (exact) mass is 567 g/mol. The van der Waals surface area contributed by atoms with Gasteiger partial charge in [0, 0.05) is 34.7 Å². The van der Waals surface area contributed by atoms with Crippen LogP contribution < -0.4 is 5.32 Å². The highest BCUT2D eigenvalue weighted by atomic mass is 35.5. The number of nitrogens with zero attached hydrogens (tertiary/aromatic N) is 2. The van der Waals surface area contributed by atoms with Crippen LogP contribution in [0.3, 0.4) is 0 Å². The molecular formula is C32H42ClN3O4. The van der Waals surface area contributed by atoms with Gasteiger partial charge in [-0.05, 0) is 88.6 Å². The van der Waals surface area contributed by atoms with Crippen molar-refractivity contribution < 1.29 is 19.1 Å². The van der Waals surface area contributed by atoms with Crippen LogP contribution >= 0.6 is 11.6 Å². The molecule has 0 saturated heterocycles. The predicted molar refractivity (Wildman–Crippen MR) is 159 cm³/mol. The molecule has 0 bridgehead atoms. The Bertz CT molecular complexity index is 1220. The molecule has 2 atom stereocenters. The third kappa shape index (κ3) is 8.18. The third-order valence-electron chi connectivity index (χ3n) is 7.48. The van der Waals surface area contributed by atoms with Gasteiger partial charge in [0.2, 0.25) is 5.91 Å². The summed E-state index contributed by atoms with van der Waals surface area (Å²) in [5.74, 6) is -1.12. The molecule has 0 fully saturated rings. The summed E-state index contributed by atoms with van der Waals surface area (Å²) >= 11 is 6.22. The zero-order chi connectivity index (χ0) is 29.2. The number of esters is 1. The van der Waals surface area contributed by atoms with E-state index in [1.165, 1.54) is 0 Å². The Labute approximate surface area is 243 Å². The molecule has 2 unspecified atom stereocenters. The Hall–Kier alpha value is -3.16. The molecule has 2 aromatic carbocycles. The molecule has 2 aromatic rings. The van der Waals surface area contributed by atoms with E-state index in [9.17, 15) is 14.4 Å². The first-order chi connectivity index (χ1) is 19.2. The highest BCUT2D eigenvalue weighted by molar-refractivity contribution is 6.30. The molecule has 0 saturated carbocycles. The van der Waals surface area contributed by atoms with Gasteiger partial charge in [-0.2, -0.15) is 0 Å². The third-order valence-corrected chi connectivity index (χ3v) is 7.72. The van der Waals surface area contributed by atoms with Crippen LogP contribution in [0.4, 0.5) is 0 Å². The maximum Gasteiger partial charge on any atom is 0.336 e. The van der Waals surface area contributed by atoms with Crippen LogP contribution in [0.2, 0.25) is 5.02 Å². The molecule has 7 nitrogen and oxygen atoms in total. The summed E-state index contributed by atoms with van der Waals surface area (Å²) in [6, 6.07) is 14.6. The molecule has 1 heterocycles. The van der Waals surface area contributed by atoms with Gasteiger partial charge in [-0.3, -0.25) is 9.59 Å². The summed E-state index contributed by atoms with van der Waals surface area (Å²) in [5, 5.41) is 3.64. The highest BCUT2D eigenvalue weighted by Gasteiger charge is 2.37. The van der Waals surface area contributed by atoms with Gasteiger partial charge in [0.1, 0.15) is 0 Å². The fraction of sp³-hybridized carbons (Fsp3) is 0.469. The quantitative estimate of drug-likeness (QED) is 0.303. The average molecular weight is 568 g/mol. The number of carbonyl (C=O) groups excluding carboxylic acids is 3. The molecule has 1 N–H and O–H groups in total. The van der Waals surface area contributed by atoms with Crippen LogP contribution in [0.15, 0.2) is 59.8 Å². The van der Waals surface area contributed by atoms with E-state index in [0.717, 1.165) is 43.6 Å². The Morgan fingerprint density at radius 2 is 1.85 bits per heavy atom. The molecule has 1 aliphatic rings. The van der Waals surface area contributed by atoms with E-state index in [1.807, 2.05) is 37.3 Å². The second kappa shape index (κ2) is 15.0. The summed E-state index contributed by atoms with van der Waals surface area (Å²) in [7, 11) is 0. The maximum absolute atomic E-state index is 13.4. The van der Waals surface area contributed by atoms with Crippen molar-refractivity contribution in [2.45, 2.75) is 72.4 Å². The fourth-order valence-electron chi connectivity index (χ4n) is 5.22. The van der Waals surface area contributed by atoms with Crippen LogP contribution in [0.5, 0.6) is 0 Å². The number of hydrogen-bond acceptors (Lipinski definition) is 5. The Kier molecular flexibility index (Phi) is 11.8. The Morgan fingerprint density at radius 3 is 2.52 bits per heavy atom. The minimum atomic E-state index is -0.443. The molecule has 0 spiro atoms. The van der Waals surface area contributed by atoms with Crippen molar-refractivity contribution in [3.63, 3.8) is 0 Å². The lowest BCUT2D eigenvalue weighted by Crippen LogP contribution is -2.38. The minimum Gasteiger partial charge on any atom is -0.463 e. The molecule has 8 heteroatoms. The van der Waals surface area contributed by atoms with E-state index < -0.39 is 11.9 Å².